The molecule has 6 nitrogen and oxygen atoms in total. The van der Waals surface area contributed by atoms with Gasteiger partial charge >= 0.3 is 17.9 Å². The van der Waals surface area contributed by atoms with Crippen LogP contribution in [0.5, 0.6) is 0 Å². The van der Waals surface area contributed by atoms with Crippen LogP contribution in [0.15, 0.2) is 60.8 Å². The summed E-state index contributed by atoms with van der Waals surface area (Å²) >= 11 is 0. The number of hydrogen-bond donors (Lipinski definition) is 0. The first-order valence-corrected chi connectivity index (χ1v) is 35.8. The van der Waals surface area contributed by atoms with Crippen molar-refractivity contribution in [2.45, 2.75) is 386 Å². The van der Waals surface area contributed by atoms with E-state index in [4.69, 9.17) is 14.2 Å². The van der Waals surface area contributed by atoms with E-state index in [0.29, 0.717) is 19.3 Å². The molecule has 1 unspecified atom stereocenters. The maximum atomic E-state index is 13.0. The van der Waals surface area contributed by atoms with Gasteiger partial charge in [-0.3, -0.25) is 14.4 Å². The van der Waals surface area contributed by atoms with E-state index in [1.807, 2.05) is 0 Å². The van der Waals surface area contributed by atoms with E-state index in [1.165, 1.54) is 250 Å². The van der Waals surface area contributed by atoms with E-state index in [9.17, 15) is 14.4 Å². The Morgan fingerprint density at radius 3 is 0.765 bits per heavy atom. The summed E-state index contributed by atoms with van der Waals surface area (Å²) in [7, 11) is 0. The van der Waals surface area contributed by atoms with Gasteiger partial charge < -0.3 is 14.2 Å². The van der Waals surface area contributed by atoms with E-state index >= 15 is 0 Å². The average molecular weight is 1130 g/mol. The second-order valence-corrected chi connectivity index (χ2v) is 24.1. The molecule has 0 aliphatic heterocycles. The van der Waals surface area contributed by atoms with Crippen molar-refractivity contribution in [1.29, 1.82) is 0 Å². The van der Waals surface area contributed by atoms with Crippen LogP contribution in [0.1, 0.15) is 380 Å². The highest BCUT2D eigenvalue weighted by atomic mass is 16.6. The van der Waals surface area contributed by atoms with Gasteiger partial charge in [0.2, 0.25) is 0 Å². The van der Waals surface area contributed by atoms with E-state index < -0.39 is 6.10 Å². The molecule has 0 aromatic rings. The first-order valence-electron chi connectivity index (χ1n) is 35.8. The van der Waals surface area contributed by atoms with Crippen molar-refractivity contribution in [2.24, 2.45) is 0 Å². The molecular formula is C75H136O6. The summed E-state index contributed by atoms with van der Waals surface area (Å²) in [6.45, 7) is 6.59. The normalized spacial score (nSPS) is 12.4. The zero-order valence-corrected chi connectivity index (χ0v) is 54.3. The molecule has 1 atom stereocenters. The highest BCUT2D eigenvalue weighted by Crippen LogP contribution is 2.18. The van der Waals surface area contributed by atoms with Crippen LogP contribution < -0.4 is 0 Å². The molecule has 0 aliphatic carbocycles. The van der Waals surface area contributed by atoms with Crippen LogP contribution in [0.3, 0.4) is 0 Å². The maximum Gasteiger partial charge on any atom is 0.306 e. The van der Waals surface area contributed by atoms with Crippen molar-refractivity contribution >= 4 is 17.9 Å². The molecule has 0 aliphatic rings. The van der Waals surface area contributed by atoms with Crippen LogP contribution in [0, 0.1) is 0 Å². The first-order chi connectivity index (χ1) is 40.0. The Bertz CT molecular complexity index is 1440. The minimum absolute atomic E-state index is 0.0734. The highest BCUT2D eigenvalue weighted by molar-refractivity contribution is 5.71. The molecule has 0 N–H and O–H groups in total. The van der Waals surface area contributed by atoms with Crippen molar-refractivity contribution in [3.05, 3.63) is 60.8 Å². The molecule has 0 fully saturated rings. The molecule has 6 heteroatoms. The van der Waals surface area contributed by atoms with Crippen molar-refractivity contribution in [2.75, 3.05) is 13.2 Å². The number of hydrogen-bond acceptors (Lipinski definition) is 6. The van der Waals surface area contributed by atoms with Crippen molar-refractivity contribution in [1.82, 2.24) is 0 Å². The molecule has 472 valence electrons. The van der Waals surface area contributed by atoms with Crippen molar-refractivity contribution in [3.63, 3.8) is 0 Å². The zero-order chi connectivity index (χ0) is 58.5. The number of unbranched alkanes of at least 4 members (excludes halogenated alkanes) is 45. The second kappa shape index (κ2) is 69.6. The fraction of sp³-hybridized carbons (Fsp3) is 0.827. The van der Waals surface area contributed by atoms with Crippen molar-refractivity contribution < 1.29 is 28.6 Å². The lowest BCUT2D eigenvalue weighted by atomic mass is 10.0. The predicted molar refractivity (Wildman–Crippen MR) is 353 cm³/mol. The number of allylic oxidation sites excluding steroid dienone is 10. The molecule has 0 bridgehead atoms. The summed E-state index contributed by atoms with van der Waals surface area (Å²) in [5, 5.41) is 0. The fourth-order valence-corrected chi connectivity index (χ4v) is 10.7. The summed E-state index contributed by atoms with van der Waals surface area (Å²) in [5.41, 5.74) is 0. The van der Waals surface area contributed by atoms with Crippen LogP contribution in [0.2, 0.25) is 0 Å². The fourth-order valence-electron chi connectivity index (χ4n) is 10.7. The molecule has 0 amide bonds. The molecule has 0 radical (unpaired) electrons. The number of carbonyl (C=O) groups is 3. The summed E-state index contributed by atoms with van der Waals surface area (Å²) in [4.78, 5) is 38.5. The largest absolute Gasteiger partial charge is 0.462 e. The third kappa shape index (κ3) is 67.8. The molecule has 0 spiro atoms. The van der Waals surface area contributed by atoms with Gasteiger partial charge in [0, 0.05) is 19.3 Å². The number of rotatable bonds is 66. The zero-order valence-electron chi connectivity index (χ0n) is 54.3. The topological polar surface area (TPSA) is 78.9 Å². The minimum atomic E-state index is -0.779. The Hall–Kier alpha value is -2.89. The van der Waals surface area contributed by atoms with E-state index in [1.54, 1.807) is 0 Å². The Labute approximate surface area is 504 Å². The van der Waals surface area contributed by atoms with Gasteiger partial charge in [0.15, 0.2) is 6.10 Å². The van der Waals surface area contributed by atoms with Gasteiger partial charge in [0.25, 0.3) is 0 Å². The standard InChI is InChI=1S/C75H136O6/c1-4-7-10-13-16-19-22-25-28-31-34-36-37-39-41-44-47-50-53-56-59-62-65-68-74(77)80-71-72(70-79-73(76)67-64-61-58-55-52-49-46-43-40-33-30-27-24-21-18-15-12-9-6-3)81-75(78)69-66-63-60-57-54-51-48-45-42-38-35-32-29-26-23-20-17-14-11-8-5-2/h8,11,17,20,26,29,31,34-35,38,72H,4-7,9-10,12-16,18-19,21-25,27-28,30,32-33,36-37,39-71H2,1-3H3/b11-8-,20-17-,29-26-,34-31-,38-35-. The van der Waals surface area contributed by atoms with Gasteiger partial charge in [-0.1, -0.05) is 338 Å². The van der Waals surface area contributed by atoms with Gasteiger partial charge in [-0.25, -0.2) is 0 Å². The van der Waals surface area contributed by atoms with E-state index in [0.717, 1.165) is 89.9 Å². The minimum Gasteiger partial charge on any atom is -0.462 e. The van der Waals surface area contributed by atoms with E-state index in [2.05, 4.69) is 81.5 Å². The Morgan fingerprint density at radius 1 is 0.259 bits per heavy atom. The molecule has 0 heterocycles. The summed E-state index contributed by atoms with van der Waals surface area (Å²) < 4.78 is 17.0. The lowest BCUT2D eigenvalue weighted by molar-refractivity contribution is -0.167. The maximum absolute atomic E-state index is 13.0. The molecule has 0 aromatic carbocycles. The molecule has 0 aromatic heterocycles. The number of esters is 3. The second-order valence-electron chi connectivity index (χ2n) is 24.1. The third-order valence-electron chi connectivity index (χ3n) is 16.0. The number of ether oxygens (including phenoxy) is 3. The third-order valence-corrected chi connectivity index (χ3v) is 16.0. The number of carbonyl (C=O) groups excluding carboxylic acids is 3. The van der Waals surface area contributed by atoms with Gasteiger partial charge in [-0.15, -0.1) is 0 Å². The van der Waals surface area contributed by atoms with Crippen LogP contribution in [-0.4, -0.2) is 37.2 Å². The SMILES string of the molecule is CC/C=C\C/C=C\C/C=C\C/C=C\CCCCCCCCCCC(=O)OC(COC(=O)CCCCCCCCCCCCC/C=C\CCCCCCCCCC)COC(=O)CCCCCCCCCCCCCCCCCCCCC. The van der Waals surface area contributed by atoms with Crippen LogP contribution in [0.25, 0.3) is 0 Å². The lowest BCUT2D eigenvalue weighted by Gasteiger charge is -2.18. The molecule has 0 saturated heterocycles. The highest BCUT2D eigenvalue weighted by Gasteiger charge is 2.19. The first kappa shape index (κ1) is 78.1. The molecule has 0 saturated carbocycles. The van der Waals surface area contributed by atoms with E-state index in [-0.39, 0.29) is 31.1 Å². The van der Waals surface area contributed by atoms with Gasteiger partial charge in [0.1, 0.15) is 13.2 Å². The van der Waals surface area contributed by atoms with Gasteiger partial charge in [-0.05, 0) is 83.5 Å². The average Bonchev–Trinajstić information content (AvgIpc) is 3.47. The van der Waals surface area contributed by atoms with Gasteiger partial charge in [0.05, 0.1) is 0 Å². The lowest BCUT2D eigenvalue weighted by Crippen LogP contribution is -2.30. The Morgan fingerprint density at radius 2 is 0.481 bits per heavy atom. The molecule has 0 rings (SSSR count). The summed E-state index contributed by atoms with van der Waals surface area (Å²) in [6, 6.07) is 0. The van der Waals surface area contributed by atoms with Crippen LogP contribution in [0.4, 0.5) is 0 Å². The van der Waals surface area contributed by atoms with Crippen LogP contribution in [-0.2, 0) is 28.6 Å². The smallest absolute Gasteiger partial charge is 0.306 e. The summed E-state index contributed by atoms with van der Waals surface area (Å²) in [6.07, 6.45) is 89.6. The Balaban J connectivity index is 4.34. The molecular weight excluding hydrogens is 997 g/mol. The van der Waals surface area contributed by atoms with Crippen molar-refractivity contribution in [3.8, 4) is 0 Å². The molecule has 81 heavy (non-hydrogen) atoms. The van der Waals surface area contributed by atoms with Crippen LogP contribution >= 0.6 is 0 Å². The quantitative estimate of drug-likeness (QED) is 0.0261. The monoisotopic (exact) mass is 1130 g/mol. The van der Waals surface area contributed by atoms with Gasteiger partial charge in [-0.2, -0.15) is 0 Å². The predicted octanol–water partition coefficient (Wildman–Crippen LogP) is 24.7. The summed E-state index contributed by atoms with van der Waals surface area (Å²) in [5.74, 6) is -0.856. The Kier molecular flexibility index (Phi) is 67.1.